The summed E-state index contributed by atoms with van der Waals surface area (Å²) in [6, 6.07) is 15.8. The maximum absolute atomic E-state index is 14.3. The Bertz CT molecular complexity index is 1300. The highest BCUT2D eigenvalue weighted by molar-refractivity contribution is 5.98. The van der Waals surface area contributed by atoms with Gasteiger partial charge >= 0.3 is 5.97 Å². The first-order valence-electron chi connectivity index (χ1n) is 15.9. The molecular weight excluding hydrogens is 494 g/mol. The van der Waals surface area contributed by atoms with Crippen LogP contribution in [0.2, 0.25) is 0 Å². The van der Waals surface area contributed by atoms with Crippen LogP contribution in [-0.2, 0) is 21.4 Å². The molecule has 0 heterocycles. The van der Waals surface area contributed by atoms with Crippen molar-refractivity contribution in [2.24, 2.45) is 11.3 Å². The Balaban J connectivity index is 1.16. The minimum Gasteiger partial charge on any atom is -0.478 e. The fourth-order valence-electron chi connectivity index (χ4n) is 8.59. The third-order valence-corrected chi connectivity index (χ3v) is 11.4. The molecule has 2 aromatic carbocycles. The van der Waals surface area contributed by atoms with Crippen molar-refractivity contribution >= 4 is 23.6 Å². The first-order chi connectivity index (χ1) is 19.5. The zero-order valence-electron chi connectivity index (χ0n) is 23.8. The maximum Gasteiger partial charge on any atom is 0.331 e. The van der Waals surface area contributed by atoms with Gasteiger partial charge in [-0.3, -0.25) is 4.79 Å². The van der Waals surface area contributed by atoms with Gasteiger partial charge in [-0.15, -0.1) is 0 Å². The number of anilines is 1. The fraction of sp³-hybridized carbons (Fsp3) is 0.556. The molecule has 0 spiro atoms. The highest BCUT2D eigenvalue weighted by Gasteiger charge is 2.50. The summed E-state index contributed by atoms with van der Waals surface area (Å²) >= 11 is 0. The molecule has 2 aromatic rings. The topological polar surface area (TPSA) is 57.6 Å². The van der Waals surface area contributed by atoms with Crippen LogP contribution in [0, 0.1) is 11.3 Å². The Kier molecular flexibility index (Phi) is 6.64. The van der Waals surface area contributed by atoms with Crippen LogP contribution in [0.4, 0.5) is 5.69 Å². The Labute approximate surface area is 238 Å². The van der Waals surface area contributed by atoms with Gasteiger partial charge in [0.2, 0.25) is 5.91 Å². The van der Waals surface area contributed by atoms with E-state index in [-0.39, 0.29) is 11.3 Å². The van der Waals surface area contributed by atoms with Crippen molar-refractivity contribution in [3.05, 3.63) is 70.3 Å². The van der Waals surface area contributed by atoms with Crippen LogP contribution in [-0.4, -0.2) is 23.5 Å². The lowest BCUT2D eigenvalue weighted by Crippen LogP contribution is -2.51. The Hall–Kier alpha value is -2.88. The van der Waals surface area contributed by atoms with Crippen molar-refractivity contribution in [3.8, 4) is 0 Å². The van der Waals surface area contributed by atoms with E-state index in [9.17, 15) is 14.7 Å². The number of hydrogen-bond donors (Lipinski definition) is 1. The number of fused-ring (bicyclic) bond motifs is 4. The summed E-state index contributed by atoms with van der Waals surface area (Å²) in [5, 5.41) is 9.60. The summed E-state index contributed by atoms with van der Waals surface area (Å²) in [7, 11) is 0. The second kappa shape index (κ2) is 10.2. The molecule has 4 nitrogen and oxygen atoms in total. The highest BCUT2D eigenvalue weighted by atomic mass is 16.4. The van der Waals surface area contributed by atoms with Gasteiger partial charge in [-0.2, -0.15) is 0 Å². The minimum absolute atomic E-state index is 0.117. The van der Waals surface area contributed by atoms with Crippen LogP contribution in [0.1, 0.15) is 118 Å². The zero-order valence-corrected chi connectivity index (χ0v) is 23.8. The molecule has 0 aliphatic heterocycles. The van der Waals surface area contributed by atoms with E-state index in [2.05, 4.69) is 35.2 Å². The van der Waals surface area contributed by atoms with Crippen molar-refractivity contribution in [1.29, 1.82) is 0 Å². The lowest BCUT2D eigenvalue weighted by Gasteiger charge is -2.55. The van der Waals surface area contributed by atoms with Gasteiger partial charge in [0.1, 0.15) is 0 Å². The summed E-state index contributed by atoms with van der Waals surface area (Å²) in [6.07, 6.45) is 18.5. The van der Waals surface area contributed by atoms with E-state index in [1.807, 2.05) is 18.2 Å². The molecule has 2 bridgehead atoms. The molecular formula is C36H43NO3. The molecule has 4 heteroatoms. The summed E-state index contributed by atoms with van der Waals surface area (Å²) < 4.78 is 0. The third-order valence-electron chi connectivity index (χ3n) is 11.4. The number of carbonyl (C=O) groups excluding carboxylic acids is 1. The standard InChI is InChI=1S/C36H43NO3/c38-33(27-5-2-1-3-6-27)37(32-8-4-7-28-23-29(34(39)40)13-16-31(28)32)24-35-17-20-36(21-18-35,22-19-35)30-14-11-26(12-15-30)25-9-10-25/h4,7-8,11-12,14-15,23,25,27H,1-3,5-6,9-10,13,16-22,24H2,(H,39,40). The van der Waals surface area contributed by atoms with Crippen molar-refractivity contribution < 1.29 is 14.7 Å². The van der Waals surface area contributed by atoms with Gasteiger partial charge in [0, 0.05) is 23.7 Å². The summed E-state index contributed by atoms with van der Waals surface area (Å²) in [4.78, 5) is 28.2. The number of carbonyl (C=O) groups is 2. The van der Waals surface area contributed by atoms with Crippen LogP contribution in [0.3, 0.4) is 0 Å². The van der Waals surface area contributed by atoms with Crippen molar-refractivity contribution in [2.75, 3.05) is 11.4 Å². The summed E-state index contributed by atoms with van der Waals surface area (Å²) in [5.41, 5.74) is 7.19. The van der Waals surface area contributed by atoms with Crippen LogP contribution in [0.5, 0.6) is 0 Å². The second-order valence-electron chi connectivity index (χ2n) is 13.8. The van der Waals surface area contributed by atoms with E-state index in [1.54, 1.807) is 5.56 Å². The number of aliphatic carboxylic acids is 1. The largest absolute Gasteiger partial charge is 0.478 e. The quantitative estimate of drug-likeness (QED) is 0.387. The molecule has 0 saturated heterocycles. The Morgan fingerprint density at radius 1 is 0.825 bits per heavy atom. The highest BCUT2D eigenvalue weighted by Crippen LogP contribution is 2.58. The van der Waals surface area contributed by atoms with Crippen LogP contribution in [0.25, 0.3) is 6.08 Å². The smallest absolute Gasteiger partial charge is 0.331 e. The van der Waals surface area contributed by atoms with E-state index in [4.69, 9.17) is 0 Å². The van der Waals surface area contributed by atoms with Crippen LogP contribution >= 0.6 is 0 Å². The van der Waals surface area contributed by atoms with Crippen molar-refractivity contribution in [2.45, 2.75) is 108 Å². The second-order valence-corrected chi connectivity index (χ2v) is 13.8. The summed E-state index contributed by atoms with van der Waals surface area (Å²) in [5.74, 6) is 0.402. The lowest BCUT2D eigenvalue weighted by molar-refractivity contribution is -0.132. The van der Waals surface area contributed by atoms with Gasteiger partial charge in [0.05, 0.1) is 0 Å². The van der Waals surface area contributed by atoms with E-state index in [0.717, 1.165) is 55.0 Å². The molecule has 0 unspecified atom stereocenters. The molecule has 5 saturated carbocycles. The number of rotatable bonds is 7. The maximum atomic E-state index is 14.3. The predicted octanol–water partition coefficient (Wildman–Crippen LogP) is 8.18. The molecule has 5 fully saturated rings. The SMILES string of the molecule is O=C(O)C1=Cc2cccc(N(CC34CCC(c5ccc(C6CC6)cc5)(CC3)CC4)C(=O)C3CCCCC3)c2CC1. The average Bonchev–Trinajstić information content (AvgIpc) is 3.86. The third kappa shape index (κ3) is 4.72. The number of carboxylic acid groups (broad SMARTS) is 1. The van der Waals surface area contributed by atoms with Crippen LogP contribution < -0.4 is 4.90 Å². The molecule has 6 aliphatic carbocycles. The number of benzene rings is 2. The van der Waals surface area contributed by atoms with E-state index in [1.165, 1.54) is 63.4 Å². The Morgan fingerprint density at radius 3 is 2.17 bits per heavy atom. The molecule has 8 rings (SSSR count). The van der Waals surface area contributed by atoms with Gasteiger partial charge in [0.15, 0.2) is 0 Å². The molecule has 1 N–H and O–H groups in total. The fourth-order valence-corrected chi connectivity index (χ4v) is 8.59. The van der Waals surface area contributed by atoms with E-state index < -0.39 is 5.97 Å². The van der Waals surface area contributed by atoms with Gasteiger partial charge in [-0.25, -0.2) is 4.79 Å². The molecule has 6 aliphatic rings. The molecule has 210 valence electrons. The molecule has 0 aromatic heterocycles. The number of amides is 1. The summed E-state index contributed by atoms with van der Waals surface area (Å²) in [6.45, 7) is 0.811. The van der Waals surface area contributed by atoms with Gasteiger partial charge in [-0.1, -0.05) is 55.7 Å². The molecule has 40 heavy (non-hydrogen) atoms. The zero-order chi connectivity index (χ0) is 27.3. The minimum atomic E-state index is -0.833. The molecule has 0 atom stereocenters. The van der Waals surface area contributed by atoms with Gasteiger partial charge in [0.25, 0.3) is 0 Å². The van der Waals surface area contributed by atoms with Crippen molar-refractivity contribution in [3.63, 3.8) is 0 Å². The number of hydrogen-bond acceptors (Lipinski definition) is 2. The number of nitrogens with zero attached hydrogens (tertiary/aromatic N) is 1. The average molecular weight is 538 g/mol. The van der Waals surface area contributed by atoms with Crippen LogP contribution in [0.15, 0.2) is 48.0 Å². The normalized spacial score (nSPS) is 28.1. The predicted molar refractivity (Wildman–Crippen MR) is 160 cm³/mol. The monoisotopic (exact) mass is 537 g/mol. The number of carboxylic acids is 1. The molecule has 1 amide bonds. The van der Waals surface area contributed by atoms with Gasteiger partial charge in [-0.05, 0) is 128 Å². The van der Waals surface area contributed by atoms with Gasteiger partial charge < -0.3 is 10.0 Å². The first kappa shape index (κ1) is 26.0. The Morgan fingerprint density at radius 2 is 1.52 bits per heavy atom. The van der Waals surface area contributed by atoms with Crippen molar-refractivity contribution in [1.82, 2.24) is 0 Å². The lowest BCUT2D eigenvalue weighted by atomic mass is 9.51. The first-order valence-corrected chi connectivity index (χ1v) is 15.9. The van der Waals surface area contributed by atoms with E-state index in [0.29, 0.717) is 29.7 Å². The molecule has 0 radical (unpaired) electrons. The van der Waals surface area contributed by atoms with E-state index >= 15 is 0 Å².